The molecule has 3 aromatic carbocycles. The first-order valence-electron chi connectivity index (χ1n) is 10.0. The number of hydrazone groups is 1. The highest BCUT2D eigenvalue weighted by molar-refractivity contribution is 6.42. The number of hydrogen-bond donors (Lipinski definition) is 2. The average molecular weight is 552 g/mol. The number of ether oxygens (including phenoxy) is 2. The molecule has 3 aromatic rings. The molecule has 3 rings (SSSR count). The van der Waals surface area contributed by atoms with Gasteiger partial charge in [0.15, 0.2) is 18.1 Å². The predicted octanol–water partition coefficient (Wildman–Crippen LogP) is 5.35. The molecule has 2 N–H and O–H groups in total. The van der Waals surface area contributed by atoms with Gasteiger partial charge in [-0.05, 0) is 48.0 Å². The van der Waals surface area contributed by atoms with E-state index in [0.29, 0.717) is 21.3 Å². The molecular formula is C23H17Cl3N4O6. The zero-order valence-electron chi connectivity index (χ0n) is 18.5. The maximum Gasteiger partial charge on any atom is 0.271 e. The van der Waals surface area contributed by atoms with Gasteiger partial charge in [-0.25, -0.2) is 5.43 Å². The van der Waals surface area contributed by atoms with E-state index in [4.69, 9.17) is 44.3 Å². The molecular weight excluding hydrogens is 535 g/mol. The second-order valence-electron chi connectivity index (χ2n) is 7.00. The normalized spacial score (nSPS) is 10.7. The molecule has 10 nitrogen and oxygen atoms in total. The molecule has 0 spiro atoms. The van der Waals surface area contributed by atoms with Gasteiger partial charge in [0.25, 0.3) is 17.5 Å². The summed E-state index contributed by atoms with van der Waals surface area (Å²) in [5.74, 6) is -0.665. The van der Waals surface area contributed by atoms with Crippen LogP contribution in [0, 0.1) is 10.1 Å². The Morgan fingerprint density at radius 2 is 1.75 bits per heavy atom. The Morgan fingerprint density at radius 3 is 2.39 bits per heavy atom. The lowest BCUT2D eigenvalue weighted by molar-refractivity contribution is -0.384. The maximum atomic E-state index is 12.2. The second-order valence-corrected chi connectivity index (χ2v) is 8.22. The summed E-state index contributed by atoms with van der Waals surface area (Å²) in [6.07, 6.45) is 1.32. The first kappa shape index (κ1) is 26.7. The van der Waals surface area contributed by atoms with Crippen molar-refractivity contribution in [1.29, 1.82) is 0 Å². The van der Waals surface area contributed by atoms with Crippen molar-refractivity contribution in [3.8, 4) is 11.5 Å². The number of hydrogen-bond acceptors (Lipinski definition) is 7. The van der Waals surface area contributed by atoms with E-state index in [-0.39, 0.29) is 34.4 Å². The molecule has 0 saturated carbocycles. The highest BCUT2D eigenvalue weighted by Crippen LogP contribution is 2.36. The summed E-state index contributed by atoms with van der Waals surface area (Å²) in [7, 11) is 1.39. The fraction of sp³-hybridized carbons (Fsp3) is 0.0870. The lowest BCUT2D eigenvalue weighted by Gasteiger charge is -2.13. The van der Waals surface area contributed by atoms with Gasteiger partial charge in [0, 0.05) is 23.4 Å². The maximum absolute atomic E-state index is 12.2. The van der Waals surface area contributed by atoms with Crippen LogP contribution in [0.25, 0.3) is 0 Å². The minimum Gasteiger partial charge on any atom is -0.493 e. The lowest BCUT2D eigenvalue weighted by atomic mass is 10.2. The van der Waals surface area contributed by atoms with E-state index in [2.05, 4.69) is 15.8 Å². The molecule has 0 aliphatic rings. The van der Waals surface area contributed by atoms with E-state index in [1.807, 2.05) is 0 Å². The molecule has 0 bridgehead atoms. The van der Waals surface area contributed by atoms with Crippen LogP contribution in [-0.2, 0) is 4.79 Å². The largest absolute Gasteiger partial charge is 0.493 e. The Labute approximate surface area is 219 Å². The van der Waals surface area contributed by atoms with Crippen LogP contribution in [0.5, 0.6) is 11.5 Å². The number of nitrogens with one attached hydrogen (secondary N) is 2. The molecule has 0 aliphatic carbocycles. The number of benzene rings is 3. The minimum atomic E-state index is -0.563. The summed E-state index contributed by atoms with van der Waals surface area (Å²) in [6, 6.07) is 12.7. The number of rotatable bonds is 9. The van der Waals surface area contributed by atoms with E-state index >= 15 is 0 Å². The van der Waals surface area contributed by atoms with Gasteiger partial charge < -0.3 is 14.8 Å². The highest BCUT2D eigenvalue weighted by Gasteiger charge is 2.14. The van der Waals surface area contributed by atoms with Crippen LogP contribution in [0.3, 0.4) is 0 Å². The van der Waals surface area contributed by atoms with Crippen LogP contribution in [0.2, 0.25) is 15.1 Å². The van der Waals surface area contributed by atoms with Gasteiger partial charge in [0.05, 0.1) is 33.3 Å². The molecule has 2 amide bonds. The first-order valence-corrected chi connectivity index (χ1v) is 11.1. The van der Waals surface area contributed by atoms with Crippen LogP contribution in [0.4, 0.5) is 11.4 Å². The van der Waals surface area contributed by atoms with Crippen molar-refractivity contribution in [2.45, 2.75) is 0 Å². The number of nitro groups is 1. The average Bonchev–Trinajstić information content (AvgIpc) is 2.85. The van der Waals surface area contributed by atoms with Crippen molar-refractivity contribution in [2.24, 2.45) is 5.10 Å². The lowest BCUT2D eigenvalue weighted by Crippen LogP contribution is -2.20. The quantitative estimate of drug-likeness (QED) is 0.209. The third-order valence-corrected chi connectivity index (χ3v) is 5.54. The summed E-state index contributed by atoms with van der Waals surface area (Å²) >= 11 is 18.1. The molecule has 0 unspecified atom stereocenters. The van der Waals surface area contributed by atoms with E-state index in [0.717, 1.165) is 0 Å². The number of anilines is 1. The number of non-ortho nitro benzene ring substituents is 1. The molecule has 0 saturated heterocycles. The summed E-state index contributed by atoms with van der Waals surface area (Å²) in [5, 5.41) is 18.0. The van der Waals surface area contributed by atoms with E-state index in [1.165, 1.54) is 49.7 Å². The van der Waals surface area contributed by atoms with Crippen LogP contribution >= 0.6 is 34.8 Å². The number of halogens is 3. The Hall–Kier alpha value is -3.86. The Kier molecular flexibility index (Phi) is 9.07. The monoisotopic (exact) mass is 550 g/mol. The van der Waals surface area contributed by atoms with Crippen molar-refractivity contribution in [1.82, 2.24) is 5.43 Å². The van der Waals surface area contributed by atoms with E-state index in [1.54, 1.807) is 18.2 Å². The molecule has 13 heteroatoms. The van der Waals surface area contributed by atoms with Crippen molar-refractivity contribution in [3.05, 3.63) is 90.9 Å². The number of carbonyl (C=O) groups is 2. The summed E-state index contributed by atoms with van der Waals surface area (Å²) < 4.78 is 10.8. The number of nitro benzene ring substituents is 1. The Bertz CT molecular complexity index is 1330. The van der Waals surface area contributed by atoms with Crippen LogP contribution in [0.1, 0.15) is 15.9 Å². The third kappa shape index (κ3) is 7.08. The van der Waals surface area contributed by atoms with Gasteiger partial charge in [-0.2, -0.15) is 5.10 Å². The minimum absolute atomic E-state index is 0.133. The van der Waals surface area contributed by atoms with Crippen LogP contribution in [0.15, 0.2) is 59.7 Å². The Balaban J connectivity index is 1.62. The smallest absolute Gasteiger partial charge is 0.271 e. The number of nitrogens with zero attached hydrogens (tertiary/aromatic N) is 2. The molecule has 0 fully saturated rings. The third-order valence-electron chi connectivity index (χ3n) is 4.52. The number of amides is 2. The summed E-state index contributed by atoms with van der Waals surface area (Å²) in [5.41, 5.74) is 3.28. The van der Waals surface area contributed by atoms with Crippen LogP contribution in [-0.4, -0.2) is 36.7 Å². The molecule has 0 atom stereocenters. The van der Waals surface area contributed by atoms with Crippen molar-refractivity contribution in [2.75, 3.05) is 19.0 Å². The van der Waals surface area contributed by atoms with Gasteiger partial charge >= 0.3 is 0 Å². The topological polar surface area (TPSA) is 132 Å². The Morgan fingerprint density at radius 1 is 1.03 bits per heavy atom. The van der Waals surface area contributed by atoms with Gasteiger partial charge in [-0.15, -0.1) is 0 Å². The van der Waals surface area contributed by atoms with Gasteiger partial charge in [0.1, 0.15) is 0 Å². The first-order chi connectivity index (χ1) is 17.2. The number of carbonyl (C=O) groups excluding carboxylic acids is 2. The van der Waals surface area contributed by atoms with Crippen LogP contribution < -0.4 is 20.2 Å². The van der Waals surface area contributed by atoms with Gasteiger partial charge in [-0.3, -0.25) is 19.7 Å². The van der Waals surface area contributed by atoms with Crippen molar-refractivity contribution >= 4 is 64.2 Å². The van der Waals surface area contributed by atoms with Gasteiger partial charge in [0.2, 0.25) is 0 Å². The van der Waals surface area contributed by atoms with E-state index < -0.39 is 16.7 Å². The zero-order chi connectivity index (χ0) is 26.2. The highest BCUT2D eigenvalue weighted by atomic mass is 35.5. The second kappa shape index (κ2) is 12.2. The zero-order valence-corrected chi connectivity index (χ0v) is 20.7. The van der Waals surface area contributed by atoms with E-state index in [9.17, 15) is 19.7 Å². The molecule has 186 valence electrons. The molecule has 0 radical (unpaired) electrons. The molecule has 0 aliphatic heterocycles. The standard InChI is InChI=1S/C23H17Cl3N4O6/c1-35-20-9-13(11-27-29-23(32)14-2-5-16(6-3-14)30(33)34)8-19(26)22(20)36-12-21(31)28-15-4-7-17(24)18(25)10-15/h2-11H,12H2,1H3,(H,28,31)(H,29,32)/b27-11+. The predicted molar refractivity (Wildman–Crippen MR) is 137 cm³/mol. The fourth-order valence-electron chi connectivity index (χ4n) is 2.83. The summed E-state index contributed by atoms with van der Waals surface area (Å²) in [4.78, 5) is 34.5. The van der Waals surface area contributed by atoms with Gasteiger partial charge in [-0.1, -0.05) is 34.8 Å². The van der Waals surface area contributed by atoms with Crippen molar-refractivity contribution < 1.29 is 24.0 Å². The molecule has 0 aromatic heterocycles. The molecule has 36 heavy (non-hydrogen) atoms. The summed E-state index contributed by atoms with van der Waals surface area (Å²) in [6.45, 7) is -0.366. The SMILES string of the molecule is COc1cc(/C=N/NC(=O)c2ccc([N+](=O)[O-])cc2)cc(Cl)c1OCC(=O)Nc1ccc(Cl)c(Cl)c1. The molecule has 0 heterocycles. The fourth-order valence-corrected chi connectivity index (χ4v) is 3.40. The van der Waals surface area contributed by atoms with Crippen molar-refractivity contribution in [3.63, 3.8) is 0 Å². The number of methoxy groups -OCH3 is 1.